The largest absolute Gasteiger partial charge is 0.458 e. The minimum atomic E-state index is -1.71. The summed E-state index contributed by atoms with van der Waals surface area (Å²) in [7, 11) is -1.14. The third kappa shape index (κ3) is 9.07. The summed E-state index contributed by atoms with van der Waals surface area (Å²) in [5.74, 6) is -1.04. The Morgan fingerprint density at radius 3 is 2.00 bits per heavy atom. The molecule has 0 aliphatic rings. The molecule has 0 aliphatic heterocycles. The highest BCUT2D eigenvalue weighted by atomic mass is 28.4. The van der Waals surface area contributed by atoms with Crippen LogP contribution in [0.5, 0.6) is 0 Å². The minimum absolute atomic E-state index is 0.381. The van der Waals surface area contributed by atoms with Gasteiger partial charge in [0.1, 0.15) is 0 Å². The van der Waals surface area contributed by atoms with Crippen molar-refractivity contribution in [2.75, 3.05) is 20.3 Å². The summed E-state index contributed by atoms with van der Waals surface area (Å²) in [5, 5.41) is 0. The minimum Gasteiger partial charge on any atom is -0.458 e. The van der Waals surface area contributed by atoms with E-state index in [4.69, 9.17) is 23.1 Å². The van der Waals surface area contributed by atoms with Crippen LogP contribution in [0.3, 0.4) is 0 Å². The first-order valence-electron chi connectivity index (χ1n) is 7.86. The molecular weight excluding hydrogens is 304 g/mol. The molecule has 0 heterocycles. The Morgan fingerprint density at radius 1 is 1.10 bits per heavy atom. The van der Waals surface area contributed by atoms with E-state index < -0.39 is 23.3 Å². The number of rotatable bonds is 12. The first-order chi connectivity index (χ1) is 9.70. The van der Waals surface area contributed by atoms with Crippen LogP contribution in [-0.4, -0.2) is 49.9 Å². The van der Waals surface area contributed by atoms with Crippen LogP contribution in [-0.2, 0) is 23.1 Å². The van der Waals surface area contributed by atoms with E-state index in [1.54, 1.807) is 7.11 Å². The maximum absolute atomic E-state index is 6.20. The van der Waals surface area contributed by atoms with Gasteiger partial charge in [0, 0.05) is 26.7 Å². The van der Waals surface area contributed by atoms with Crippen LogP contribution in [0.4, 0.5) is 0 Å². The van der Waals surface area contributed by atoms with E-state index in [0.29, 0.717) is 19.6 Å². The molecule has 0 aliphatic carbocycles. The van der Waals surface area contributed by atoms with Crippen molar-refractivity contribution in [2.45, 2.75) is 71.7 Å². The van der Waals surface area contributed by atoms with E-state index >= 15 is 0 Å². The van der Waals surface area contributed by atoms with Gasteiger partial charge in [-0.05, 0) is 53.0 Å². The SMILES string of the molecule is CCOC(CC[Si](C)(C)O[SiH](C)C)(OCC)OC(C)OC. The molecule has 0 aromatic rings. The van der Waals surface area contributed by atoms with Crippen LogP contribution in [0.2, 0.25) is 32.2 Å². The monoisotopic (exact) mass is 338 g/mol. The molecule has 0 rings (SSSR count). The fraction of sp³-hybridized carbons (Fsp3) is 1.00. The fourth-order valence-corrected chi connectivity index (χ4v) is 8.69. The van der Waals surface area contributed by atoms with Gasteiger partial charge in [0.2, 0.25) is 0 Å². The molecule has 5 nitrogen and oxygen atoms in total. The number of hydrogen-bond donors (Lipinski definition) is 0. The van der Waals surface area contributed by atoms with E-state index in [2.05, 4.69) is 26.2 Å². The molecule has 0 amide bonds. The van der Waals surface area contributed by atoms with Gasteiger partial charge in [-0.1, -0.05) is 0 Å². The summed E-state index contributed by atoms with van der Waals surface area (Å²) in [6.45, 7) is 15.7. The Morgan fingerprint density at radius 2 is 1.62 bits per heavy atom. The molecule has 0 saturated carbocycles. The summed E-state index contributed by atoms with van der Waals surface area (Å²) in [6, 6.07) is 0.925. The van der Waals surface area contributed by atoms with Crippen LogP contribution in [0.1, 0.15) is 27.2 Å². The van der Waals surface area contributed by atoms with Crippen molar-refractivity contribution in [3.05, 3.63) is 0 Å². The van der Waals surface area contributed by atoms with Crippen LogP contribution in [0, 0.1) is 0 Å². The topological polar surface area (TPSA) is 46.2 Å². The summed E-state index contributed by atoms with van der Waals surface area (Å²) in [5.41, 5.74) is 0. The molecule has 0 aromatic carbocycles. The van der Waals surface area contributed by atoms with Crippen molar-refractivity contribution in [3.63, 3.8) is 0 Å². The fourth-order valence-electron chi connectivity index (χ4n) is 2.20. The highest BCUT2D eigenvalue weighted by Crippen LogP contribution is 2.28. The molecule has 0 radical (unpaired) electrons. The van der Waals surface area contributed by atoms with Gasteiger partial charge < -0.3 is 18.3 Å². The summed E-state index contributed by atoms with van der Waals surface area (Å²) in [6.07, 6.45) is 0.274. The van der Waals surface area contributed by atoms with Gasteiger partial charge >= 0.3 is 0 Å². The van der Waals surface area contributed by atoms with Gasteiger partial charge in [0.25, 0.3) is 5.97 Å². The van der Waals surface area contributed by atoms with E-state index in [0.717, 1.165) is 6.04 Å². The smallest absolute Gasteiger partial charge is 0.284 e. The average molecular weight is 339 g/mol. The second kappa shape index (κ2) is 10.1. The molecule has 7 heteroatoms. The standard InChI is InChI=1S/C14H34O5Si2/c1-9-16-14(17-10-2,18-13(3)15-4)11-12-21(7,8)19-20(5)6/h13,20H,9-12H2,1-8H3. The second-order valence-corrected chi connectivity index (χ2v) is 13.0. The van der Waals surface area contributed by atoms with Crippen molar-refractivity contribution < 1.29 is 23.1 Å². The zero-order valence-corrected chi connectivity index (χ0v) is 17.2. The van der Waals surface area contributed by atoms with Crippen LogP contribution < -0.4 is 0 Å². The van der Waals surface area contributed by atoms with Crippen molar-refractivity contribution in [3.8, 4) is 0 Å². The van der Waals surface area contributed by atoms with Crippen molar-refractivity contribution in [1.82, 2.24) is 0 Å². The highest BCUT2D eigenvalue weighted by molar-refractivity contribution is 6.77. The normalized spacial score (nSPS) is 14.7. The van der Waals surface area contributed by atoms with Crippen LogP contribution in [0.25, 0.3) is 0 Å². The molecule has 0 bridgehead atoms. The van der Waals surface area contributed by atoms with E-state index in [-0.39, 0.29) is 6.29 Å². The summed E-state index contributed by atoms with van der Waals surface area (Å²) >= 11 is 0. The van der Waals surface area contributed by atoms with Crippen molar-refractivity contribution in [1.29, 1.82) is 0 Å². The van der Waals surface area contributed by atoms with Crippen molar-refractivity contribution in [2.24, 2.45) is 0 Å². The van der Waals surface area contributed by atoms with Gasteiger partial charge in [-0.2, -0.15) is 0 Å². The predicted molar refractivity (Wildman–Crippen MR) is 90.4 cm³/mol. The number of ether oxygens (including phenoxy) is 4. The lowest BCUT2D eigenvalue weighted by Gasteiger charge is -2.37. The van der Waals surface area contributed by atoms with Gasteiger partial charge in [0.05, 0.1) is 0 Å². The maximum Gasteiger partial charge on any atom is 0.284 e. The van der Waals surface area contributed by atoms with Crippen molar-refractivity contribution >= 4 is 17.4 Å². The molecule has 1 atom stereocenters. The average Bonchev–Trinajstić information content (AvgIpc) is 2.35. The Kier molecular flexibility index (Phi) is 10.2. The lowest BCUT2D eigenvalue weighted by molar-refractivity contribution is -0.413. The van der Waals surface area contributed by atoms with Gasteiger partial charge in [-0.15, -0.1) is 0 Å². The Bertz CT molecular complexity index is 268. The molecule has 128 valence electrons. The third-order valence-corrected chi connectivity index (χ3v) is 8.89. The Hall–Kier alpha value is 0.234. The molecule has 21 heavy (non-hydrogen) atoms. The molecule has 0 fully saturated rings. The lowest BCUT2D eigenvalue weighted by atomic mass is 10.4. The maximum atomic E-state index is 6.20. The molecule has 0 saturated heterocycles. The van der Waals surface area contributed by atoms with Crippen LogP contribution >= 0.6 is 0 Å². The molecular formula is C14H34O5Si2. The zero-order chi connectivity index (χ0) is 16.5. The summed E-state index contributed by atoms with van der Waals surface area (Å²) < 4.78 is 28.9. The predicted octanol–water partition coefficient (Wildman–Crippen LogP) is 3.32. The first-order valence-corrected chi connectivity index (χ1v) is 13.8. The number of methoxy groups -OCH3 is 1. The van der Waals surface area contributed by atoms with Crippen LogP contribution in [0.15, 0.2) is 0 Å². The molecule has 1 unspecified atom stereocenters. The molecule has 0 N–H and O–H groups in total. The number of hydrogen-bond acceptors (Lipinski definition) is 5. The highest BCUT2D eigenvalue weighted by Gasteiger charge is 2.38. The zero-order valence-electron chi connectivity index (χ0n) is 15.0. The molecule has 0 spiro atoms. The lowest BCUT2D eigenvalue weighted by Crippen LogP contribution is -2.45. The van der Waals surface area contributed by atoms with E-state index in [1.165, 1.54) is 0 Å². The van der Waals surface area contributed by atoms with E-state index in [1.807, 2.05) is 20.8 Å². The van der Waals surface area contributed by atoms with Gasteiger partial charge in [-0.3, -0.25) is 4.74 Å². The Labute approximate surface area is 133 Å². The second-order valence-electron chi connectivity index (χ2n) is 5.90. The third-order valence-electron chi connectivity index (χ3n) is 2.99. The Balaban J connectivity index is 4.85. The quantitative estimate of drug-likeness (QED) is 0.403. The first kappa shape index (κ1) is 21.2. The summed E-state index contributed by atoms with van der Waals surface area (Å²) in [4.78, 5) is 0. The van der Waals surface area contributed by atoms with Gasteiger partial charge in [0.15, 0.2) is 23.6 Å². The van der Waals surface area contributed by atoms with E-state index in [9.17, 15) is 0 Å². The molecule has 0 aromatic heterocycles. The van der Waals surface area contributed by atoms with Gasteiger partial charge in [-0.25, -0.2) is 0 Å².